The molecule has 33 heavy (non-hydrogen) atoms. The Morgan fingerprint density at radius 3 is 1.12 bits per heavy atom. The Morgan fingerprint density at radius 2 is 0.909 bits per heavy atom. The lowest BCUT2D eigenvalue weighted by Gasteiger charge is -2.38. The first-order chi connectivity index (χ1) is 15.4. The smallest absolute Gasteiger partial charge is 0.229 e. The summed E-state index contributed by atoms with van der Waals surface area (Å²) < 4.78 is 0. The van der Waals surface area contributed by atoms with Gasteiger partial charge in [0, 0.05) is 0 Å². The molecule has 0 aliphatic heterocycles. The molecule has 0 aromatic heterocycles. The lowest BCUT2D eigenvalue weighted by Crippen LogP contribution is -2.55. The van der Waals surface area contributed by atoms with Gasteiger partial charge < -0.3 is 20.8 Å². The zero-order valence-electron chi connectivity index (χ0n) is 22.8. The maximum atomic E-state index is 12.9. The summed E-state index contributed by atoms with van der Waals surface area (Å²) in [6.07, 6.45) is 6.77. The fourth-order valence-electron chi connectivity index (χ4n) is 5.08. The Bertz CT molecular complexity index is 502. The third kappa shape index (κ3) is 11.7. The van der Waals surface area contributed by atoms with Crippen LogP contribution >= 0.6 is 0 Å². The summed E-state index contributed by atoms with van der Waals surface area (Å²) in [6.45, 7) is 16.4. The monoisotopic (exact) mass is 470 g/mol. The molecule has 0 aromatic carbocycles. The molecule has 196 valence electrons. The van der Waals surface area contributed by atoms with Gasteiger partial charge in [0.25, 0.3) is 0 Å². The largest absolute Gasteiger partial charge is 0.388 e. The molecule has 0 radical (unpaired) electrons. The van der Waals surface area contributed by atoms with Gasteiger partial charge in [-0.1, -0.05) is 81.1 Å². The molecule has 0 rings (SSSR count). The molecule has 0 aliphatic rings. The van der Waals surface area contributed by atoms with E-state index >= 15 is 0 Å². The Kier molecular flexibility index (Phi) is 15.2. The molecule has 0 spiro atoms. The first kappa shape index (κ1) is 31.9. The lowest BCUT2D eigenvalue weighted by molar-refractivity contribution is -0.133. The van der Waals surface area contributed by atoms with Crippen LogP contribution in [-0.4, -0.2) is 45.3 Å². The molecule has 0 saturated carbocycles. The topological polar surface area (TPSA) is 98.7 Å². The minimum absolute atomic E-state index is 0.300. The minimum Gasteiger partial charge on any atom is -0.388 e. The van der Waals surface area contributed by atoms with Crippen LogP contribution in [0.4, 0.5) is 0 Å². The third-order valence-electron chi connectivity index (χ3n) is 6.43. The number of aliphatic hydroxyl groups is 2. The fraction of sp³-hybridized carbons (Fsp3) is 0.926. The summed E-state index contributed by atoms with van der Waals surface area (Å²) in [6, 6.07) is -0.775. The van der Waals surface area contributed by atoms with Crippen LogP contribution in [0.1, 0.15) is 126 Å². The van der Waals surface area contributed by atoms with E-state index in [2.05, 4.69) is 38.3 Å². The Labute approximate surface area is 203 Å². The number of carbonyl (C=O) groups is 2. The first-order valence-electron chi connectivity index (χ1n) is 13.4. The Hall–Kier alpha value is -1.14. The van der Waals surface area contributed by atoms with Crippen molar-refractivity contribution in [1.29, 1.82) is 0 Å². The van der Waals surface area contributed by atoms with Gasteiger partial charge in [-0.3, -0.25) is 9.59 Å². The van der Waals surface area contributed by atoms with Crippen LogP contribution < -0.4 is 10.6 Å². The quantitative estimate of drug-likeness (QED) is 0.209. The average Bonchev–Trinajstić information content (AvgIpc) is 2.67. The zero-order valence-corrected chi connectivity index (χ0v) is 22.8. The average molecular weight is 471 g/mol. The molecule has 6 nitrogen and oxygen atoms in total. The molecule has 0 aromatic rings. The van der Waals surface area contributed by atoms with Crippen LogP contribution in [0.3, 0.4) is 0 Å². The molecule has 0 saturated heterocycles. The van der Waals surface area contributed by atoms with Gasteiger partial charge in [0.1, 0.15) is 6.42 Å². The number of hydrogen-bond acceptors (Lipinski definition) is 4. The molecular weight excluding hydrogens is 416 g/mol. The van der Waals surface area contributed by atoms with Gasteiger partial charge in [-0.05, 0) is 50.4 Å². The van der Waals surface area contributed by atoms with Crippen molar-refractivity contribution in [2.45, 2.75) is 149 Å². The highest BCUT2D eigenvalue weighted by atomic mass is 16.3. The minimum atomic E-state index is -0.970. The van der Waals surface area contributed by atoms with Gasteiger partial charge in [0.15, 0.2) is 0 Å². The van der Waals surface area contributed by atoms with E-state index in [4.69, 9.17) is 0 Å². The molecule has 2 atom stereocenters. The van der Waals surface area contributed by atoms with Crippen LogP contribution in [-0.2, 0) is 9.59 Å². The maximum absolute atomic E-state index is 12.9. The van der Waals surface area contributed by atoms with Crippen LogP contribution in [0.2, 0.25) is 0 Å². The van der Waals surface area contributed by atoms with E-state index in [9.17, 15) is 19.8 Å². The number of hydrogen-bond donors (Lipinski definition) is 4. The molecule has 0 heterocycles. The van der Waals surface area contributed by atoms with Gasteiger partial charge in [0.05, 0.1) is 23.3 Å². The van der Waals surface area contributed by atoms with Crippen molar-refractivity contribution in [2.24, 2.45) is 11.8 Å². The van der Waals surface area contributed by atoms with Gasteiger partial charge in [0.2, 0.25) is 11.8 Å². The highest BCUT2D eigenvalue weighted by Gasteiger charge is 2.38. The molecule has 0 aliphatic carbocycles. The van der Waals surface area contributed by atoms with Crippen molar-refractivity contribution in [2.75, 3.05) is 0 Å². The first-order valence-corrected chi connectivity index (χ1v) is 13.4. The van der Waals surface area contributed by atoms with E-state index in [1.165, 1.54) is 0 Å². The SMILES string of the molecule is CCCC(O)(CCC)[C@@H](CC(C)C)NC(=O)CC(=O)N[C@H](CC(C)C)C(O)(CCC)CCC. The maximum Gasteiger partial charge on any atom is 0.229 e. The van der Waals surface area contributed by atoms with E-state index in [1.54, 1.807) is 0 Å². The summed E-state index contributed by atoms with van der Waals surface area (Å²) in [5, 5.41) is 28.6. The van der Waals surface area contributed by atoms with E-state index in [0.717, 1.165) is 25.7 Å². The van der Waals surface area contributed by atoms with Crippen molar-refractivity contribution in [1.82, 2.24) is 10.6 Å². The van der Waals surface area contributed by atoms with Crippen molar-refractivity contribution in [3.8, 4) is 0 Å². The van der Waals surface area contributed by atoms with Crippen molar-refractivity contribution >= 4 is 11.8 Å². The predicted octanol–water partition coefficient (Wildman–Crippen LogP) is 5.10. The molecule has 6 heteroatoms. The second-order valence-electron chi connectivity index (χ2n) is 10.9. The molecule has 2 amide bonds. The van der Waals surface area contributed by atoms with Gasteiger partial charge in [-0.2, -0.15) is 0 Å². The summed E-state index contributed by atoms with van der Waals surface area (Å²) >= 11 is 0. The van der Waals surface area contributed by atoms with E-state index < -0.39 is 11.2 Å². The number of amides is 2. The molecule has 0 unspecified atom stereocenters. The van der Waals surface area contributed by atoms with Crippen LogP contribution in [0.15, 0.2) is 0 Å². The second kappa shape index (κ2) is 15.7. The fourth-order valence-corrected chi connectivity index (χ4v) is 5.08. The molecule has 0 bridgehead atoms. The summed E-state index contributed by atoms with van der Waals surface area (Å²) in [4.78, 5) is 25.7. The van der Waals surface area contributed by atoms with Crippen molar-refractivity contribution < 1.29 is 19.8 Å². The third-order valence-corrected chi connectivity index (χ3v) is 6.43. The van der Waals surface area contributed by atoms with Crippen LogP contribution in [0.25, 0.3) is 0 Å². The van der Waals surface area contributed by atoms with Crippen LogP contribution in [0.5, 0.6) is 0 Å². The second-order valence-corrected chi connectivity index (χ2v) is 10.9. The highest BCUT2D eigenvalue weighted by Crippen LogP contribution is 2.29. The standard InChI is InChI=1S/C27H54N2O4/c1-9-13-26(32,14-10-2)22(17-20(5)6)28-24(30)19-25(31)29-23(18-21(7)8)27(33,15-11-3)16-12-4/h20-23,32-33H,9-19H2,1-8H3,(H,28,30)(H,29,31)/t22-,23-/m1/s1. The van der Waals surface area contributed by atoms with Crippen molar-refractivity contribution in [3.63, 3.8) is 0 Å². The Morgan fingerprint density at radius 1 is 0.636 bits per heavy atom. The lowest BCUT2D eigenvalue weighted by atomic mass is 9.81. The van der Waals surface area contributed by atoms with Gasteiger partial charge in [-0.25, -0.2) is 0 Å². The van der Waals surface area contributed by atoms with Crippen molar-refractivity contribution in [3.05, 3.63) is 0 Å². The zero-order chi connectivity index (χ0) is 25.7. The molecular formula is C27H54N2O4. The van der Waals surface area contributed by atoms with E-state index in [1.807, 2.05) is 27.7 Å². The normalized spacial score (nSPS) is 14.4. The van der Waals surface area contributed by atoms with Gasteiger partial charge >= 0.3 is 0 Å². The number of carbonyl (C=O) groups excluding carboxylic acids is 2. The van der Waals surface area contributed by atoms with Gasteiger partial charge in [-0.15, -0.1) is 0 Å². The van der Waals surface area contributed by atoms with E-state index in [-0.39, 0.29) is 30.3 Å². The predicted molar refractivity (Wildman–Crippen MR) is 137 cm³/mol. The van der Waals surface area contributed by atoms with E-state index in [0.29, 0.717) is 50.4 Å². The summed E-state index contributed by atoms with van der Waals surface area (Å²) in [7, 11) is 0. The summed E-state index contributed by atoms with van der Waals surface area (Å²) in [5.41, 5.74) is -1.94. The summed E-state index contributed by atoms with van der Waals surface area (Å²) in [5.74, 6) is -0.140. The molecule has 0 fully saturated rings. The molecule has 4 N–H and O–H groups in total. The van der Waals surface area contributed by atoms with Crippen LogP contribution in [0, 0.1) is 11.8 Å². The number of nitrogens with one attached hydrogen (secondary N) is 2. The Balaban J connectivity index is 5.43. The number of rotatable bonds is 18. The highest BCUT2D eigenvalue weighted by molar-refractivity contribution is 5.97.